The van der Waals surface area contributed by atoms with Gasteiger partial charge in [0.2, 0.25) is 0 Å². The zero-order valence-corrected chi connectivity index (χ0v) is 14.5. The first-order valence-corrected chi connectivity index (χ1v) is 9.44. The maximum Gasteiger partial charge on any atom is 0.185 e. The molecule has 0 amide bonds. The maximum atomic E-state index is 5.00. The van der Waals surface area contributed by atoms with Crippen LogP contribution >= 0.6 is 11.3 Å². The van der Waals surface area contributed by atoms with Crippen molar-refractivity contribution in [3.8, 4) is 0 Å². The summed E-state index contributed by atoms with van der Waals surface area (Å²) in [5.74, 6) is 0.966. The molecule has 1 unspecified atom stereocenters. The Labute approximate surface area is 133 Å². The lowest BCUT2D eigenvalue weighted by Crippen LogP contribution is -2.35. The van der Waals surface area contributed by atoms with E-state index in [0.717, 1.165) is 5.92 Å². The molecule has 1 heterocycles. The van der Waals surface area contributed by atoms with Gasteiger partial charge in [0.1, 0.15) is 0 Å². The summed E-state index contributed by atoms with van der Waals surface area (Å²) in [6.07, 6.45) is 10.6. The van der Waals surface area contributed by atoms with Crippen LogP contribution in [-0.4, -0.2) is 25.1 Å². The number of nitrogens with zero attached hydrogens (tertiary/aromatic N) is 2. The standard InChI is InChI=1S/C17H29N3S/c1-4-12-8-10-13(11-9-12)20(3)17-19-16-14(18-2)6-5-7-15(16)21-17/h12-14,18H,4-11H2,1-3H3. The fraction of sp³-hybridized carbons (Fsp3) is 0.824. The van der Waals surface area contributed by atoms with Crippen LogP contribution in [-0.2, 0) is 6.42 Å². The maximum absolute atomic E-state index is 5.00. The quantitative estimate of drug-likeness (QED) is 0.906. The SMILES string of the molecule is CCC1CCC(N(C)c2nc3c(s2)CCCC3NC)CC1. The number of aryl methyl sites for hydroxylation is 1. The van der Waals surface area contributed by atoms with Gasteiger partial charge in [0.25, 0.3) is 0 Å². The molecule has 1 saturated carbocycles. The number of fused-ring (bicyclic) bond motifs is 1. The van der Waals surface area contributed by atoms with Crippen molar-refractivity contribution < 1.29 is 0 Å². The molecule has 118 valence electrons. The van der Waals surface area contributed by atoms with Crippen LogP contribution in [0.2, 0.25) is 0 Å². The largest absolute Gasteiger partial charge is 0.348 e. The Morgan fingerprint density at radius 2 is 2.00 bits per heavy atom. The predicted molar refractivity (Wildman–Crippen MR) is 91.3 cm³/mol. The lowest BCUT2D eigenvalue weighted by Gasteiger charge is -2.34. The molecule has 1 fully saturated rings. The van der Waals surface area contributed by atoms with Crippen LogP contribution < -0.4 is 10.2 Å². The van der Waals surface area contributed by atoms with Gasteiger partial charge in [0, 0.05) is 18.0 Å². The summed E-state index contributed by atoms with van der Waals surface area (Å²) in [6, 6.07) is 1.18. The Morgan fingerprint density at radius 3 is 2.67 bits per heavy atom. The van der Waals surface area contributed by atoms with Crippen molar-refractivity contribution in [1.82, 2.24) is 10.3 Å². The van der Waals surface area contributed by atoms with E-state index in [9.17, 15) is 0 Å². The van der Waals surface area contributed by atoms with Gasteiger partial charge in [-0.15, -0.1) is 11.3 Å². The molecule has 0 aliphatic heterocycles. The molecule has 0 aromatic carbocycles. The number of hydrogen-bond acceptors (Lipinski definition) is 4. The number of aromatic nitrogens is 1. The lowest BCUT2D eigenvalue weighted by molar-refractivity contribution is 0.313. The van der Waals surface area contributed by atoms with Gasteiger partial charge < -0.3 is 10.2 Å². The molecule has 3 rings (SSSR count). The molecule has 2 aliphatic carbocycles. The molecule has 0 spiro atoms. The molecule has 4 heteroatoms. The van der Waals surface area contributed by atoms with Crippen molar-refractivity contribution in [3.05, 3.63) is 10.6 Å². The Morgan fingerprint density at radius 1 is 1.24 bits per heavy atom. The first kappa shape index (κ1) is 15.3. The molecule has 3 nitrogen and oxygen atoms in total. The molecule has 1 atom stereocenters. The van der Waals surface area contributed by atoms with Crippen molar-refractivity contribution in [3.63, 3.8) is 0 Å². The van der Waals surface area contributed by atoms with Gasteiger partial charge in [-0.3, -0.25) is 0 Å². The van der Waals surface area contributed by atoms with Crippen LogP contribution in [0.3, 0.4) is 0 Å². The third-order valence-corrected chi connectivity index (χ3v) is 6.76. The number of nitrogens with one attached hydrogen (secondary N) is 1. The third kappa shape index (κ3) is 3.11. The Kier molecular flexibility index (Phi) is 4.85. The van der Waals surface area contributed by atoms with Crippen molar-refractivity contribution in [2.75, 3.05) is 19.0 Å². The molecule has 1 aromatic heterocycles. The Hall–Kier alpha value is -0.610. The number of rotatable bonds is 4. The normalized spacial score (nSPS) is 29.2. The van der Waals surface area contributed by atoms with Crippen LogP contribution in [0.5, 0.6) is 0 Å². The zero-order valence-electron chi connectivity index (χ0n) is 13.7. The average Bonchev–Trinajstić information content (AvgIpc) is 2.98. The summed E-state index contributed by atoms with van der Waals surface area (Å²) >= 11 is 1.94. The van der Waals surface area contributed by atoms with E-state index >= 15 is 0 Å². The third-order valence-electron chi connectivity index (χ3n) is 5.53. The topological polar surface area (TPSA) is 28.2 Å². The first-order valence-electron chi connectivity index (χ1n) is 8.62. The molecule has 0 bridgehead atoms. The highest BCUT2D eigenvalue weighted by Gasteiger charge is 2.28. The van der Waals surface area contributed by atoms with Gasteiger partial charge >= 0.3 is 0 Å². The Bertz CT molecular complexity index is 463. The van der Waals surface area contributed by atoms with E-state index in [1.807, 2.05) is 11.3 Å². The molecule has 1 N–H and O–H groups in total. The summed E-state index contributed by atoms with van der Waals surface area (Å²) in [4.78, 5) is 8.99. The van der Waals surface area contributed by atoms with Gasteiger partial charge in [-0.05, 0) is 57.9 Å². The summed E-state index contributed by atoms with van der Waals surface area (Å²) in [7, 11) is 4.32. The molecule has 21 heavy (non-hydrogen) atoms. The lowest BCUT2D eigenvalue weighted by atomic mass is 9.84. The fourth-order valence-corrected chi connectivity index (χ4v) is 5.13. The van der Waals surface area contributed by atoms with Crippen LogP contribution in [0.1, 0.15) is 68.5 Å². The van der Waals surface area contributed by atoms with Gasteiger partial charge in [-0.25, -0.2) is 4.98 Å². The minimum atomic E-state index is 0.475. The van der Waals surface area contributed by atoms with E-state index < -0.39 is 0 Å². The molecule has 0 saturated heterocycles. The smallest absolute Gasteiger partial charge is 0.185 e. The highest BCUT2D eigenvalue weighted by molar-refractivity contribution is 7.15. The van der Waals surface area contributed by atoms with E-state index in [2.05, 4.69) is 31.2 Å². The second-order valence-electron chi connectivity index (χ2n) is 6.73. The van der Waals surface area contributed by atoms with Crippen LogP contribution in [0.25, 0.3) is 0 Å². The number of hydrogen-bond donors (Lipinski definition) is 1. The number of thiazole rings is 1. The minimum Gasteiger partial charge on any atom is -0.348 e. The van der Waals surface area contributed by atoms with Crippen LogP contribution in [0.15, 0.2) is 0 Å². The highest BCUT2D eigenvalue weighted by Crippen LogP contribution is 2.38. The van der Waals surface area contributed by atoms with E-state index in [1.54, 1.807) is 0 Å². The van der Waals surface area contributed by atoms with Crippen molar-refractivity contribution in [2.24, 2.45) is 5.92 Å². The van der Waals surface area contributed by atoms with Gasteiger partial charge in [0.05, 0.1) is 11.7 Å². The van der Waals surface area contributed by atoms with Gasteiger partial charge in [-0.2, -0.15) is 0 Å². The Balaban J connectivity index is 1.71. The highest BCUT2D eigenvalue weighted by atomic mass is 32.1. The second kappa shape index (κ2) is 6.66. The second-order valence-corrected chi connectivity index (χ2v) is 7.79. The average molecular weight is 308 g/mol. The fourth-order valence-electron chi connectivity index (χ4n) is 3.93. The molecule has 2 aliphatic rings. The van der Waals surface area contributed by atoms with Gasteiger partial charge in [-0.1, -0.05) is 13.3 Å². The van der Waals surface area contributed by atoms with Gasteiger partial charge in [0.15, 0.2) is 5.13 Å². The summed E-state index contributed by atoms with van der Waals surface area (Å²) in [5, 5.41) is 4.68. The van der Waals surface area contributed by atoms with Crippen LogP contribution in [0.4, 0.5) is 5.13 Å². The van der Waals surface area contributed by atoms with Crippen molar-refractivity contribution >= 4 is 16.5 Å². The van der Waals surface area contributed by atoms with Crippen LogP contribution in [0, 0.1) is 5.92 Å². The van der Waals surface area contributed by atoms with E-state index in [0.29, 0.717) is 12.1 Å². The predicted octanol–water partition coefficient (Wildman–Crippen LogP) is 4.14. The van der Waals surface area contributed by atoms with E-state index in [1.165, 1.54) is 67.1 Å². The molecular formula is C17H29N3S. The monoisotopic (exact) mass is 307 g/mol. The summed E-state index contributed by atoms with van der Waals surface area (Å²) in [5.41, 5.74) is 1.33. The minimum absolute atomic E-state index is 0.475. The van der Waals surface area contributed by atoms with Crippen molar-refractivity contribution in [2.45, 2.75) is 70.4 Å². The summed E-state index contributed by atoms with van der Waals surface area (Å²) in [6.45, 7) is 2.33. The summed E-state index contributed by atoms with van der Waals surface area (Å²) < 4.78 is 0. The molecule has 1 aromatic rings. The zero-order chi connectivity index (χ0) is 14.8. The van der Waals surface area contributed by atoms with E-state index in [4.69, 9.17) is 4.98 Å². The van der Waals surface area contributed by atoms with Crippen molar-refractivity contribution in [1.29, 1.82) is 0 Å². The molecular weight excluding hydrogens is 278 g/mol. The first-order chi connectivity index (χ1) is 10.2. The van der Waals surface area contributed by atoms with E-state index in [-0.39, 0.29) is 0 Å². The number of anilines is 1. The molecule has 0 radical (unpaired) electrons.